The number of carbonyl (C=O) groups is 1. The molecule has 5 rings (SSSR count). The van der Waals surface area contributed by atoms with Gasteiger partial charge in [-0.1, -0.05) is 78.9 Å². The second-order valence-corrected chi connectivity index (χ2v) is 10.4. The Labute approximate surface area is 234 Å². The third-order valence-electron chi connectivity index (χ3n) is 7.21. The lowest BCUT2D eigenvalue weighted by molar-refractivity contribution is 0.0742. The van der Waals surface area contributed by atoms with Gasteiger partial charge in [0.1, 0.15) is 0 Å². The first-order valence-electron chi connectivity index (χ1n) is 13.2. The van der Waals surface area contributed by atoms with Crippen LogP contribution in [0.2, 0.25) is 0 Å². The van der Waals surface area contributed by atoms with Crippen LogP contribution in [0.25, 0.3) is 22.6 Å². The lowest BCUT2D eigenvalue weighted by Gasteiger charge is -2.26. The van der Waals surface area contributed by atoms with E-state index in [4.69, 9.17) is 15.9 Å². The van der Waals surface area contributed by atoms with Crippen LogP contribution in [0.4, 0.5) is 5.69 Å². The standard InChI is InChI=1S/C33H33N5O2/c1-22(24-14-8-5-9-15-24)38(3)31(39)27-19-25(28-16-10-11-17-29(28)34)18-26(20-27)30-36-37-32(40-30)33(2,35)21-23-12-6-4-7-13-23/h4-20,22H,21,34-35H2,1-3H3/t22-,33+/m0/s1. The van der Waals surface area contributed by atoms with Crippen molar-refractivity contribution in [2.75, 3.05) is 12.8 Å². The summed E-state index contributed by atoms with van der Waals surface area (Å²) >= 11 is 0. The average molecular weight is 532 g/mol. The Morgan fingerprint density at radius 2 is 1.52 bits per heavy atom. The quantitative estimate of drug-likeness (QED) is 0.229. The summed E-state index contributed by atoms with van der Waals surface area (Å²) in [7, 11) is 1.80. The van der Waals surface area contributed by atoms with Crippen molar-refractivity contribution in [3.05, 3.63) is 126 Å². The lowest BCUT2D eigenvalue weighted by atomic mass is 9.94. The van der Waals surface area contributed by atoms with Crippen LogP contribution in [0.3, 0.4) is 0 Å². The molecule has 1 aromatic heterocycles. The number of nitrogen functional groups attached to an aromatic ring is 1. The fourth-order valence-corrected chi connectivity index (χ4v) is 4.79. The minimum atomic E-state index is -0.877. The van der Waals surface area contributed by atoms with Gasteiger partial charge in [-0.3, -0.25) is 4.79 Å². The number of carbonyl (C=O) groups excluding carboxylic acids is 1. The number of anilines is 1. The Bertz CT molecular complexity index is 1610. The van der Waals surface area contributed by atoms with E-state index < -0.39 is 5.54 Å². The number of benzene rings is 4. The molecule has 0 bridgehead atoms. The molecule has 202 valence electrons. The molecule has 1 heterocycles. The van der Waals surface area contributed by atoms with Crippen molar-refractivity contribution < 1.29 is 9.21 Å². The van der Waals surface area contributed by atoms with Gasteiger partial charge in [0.05, 0.1) is 11.6 Å². The van der Waals surface area contributed by atoms with Crippen LogP contribution in [0.1, 0.15) is 47.3 Å². The van der Waals surface area contributed by atoms with E-state index in [1.807, 2.05) is 111 Å². The van der Waals surface area contributed by atoms with E-state index in [1.54, 1.807) is 18.0 Å². The third-order valence-corrected chi connectivity index (χ3v) is 7.21. The summed E-state index contributed by atoms with van der Waals surface area (Å²) in [5.74, 6) is 0.462. The first kappa shape index (κ1) is 26.8. The number of para-hydroxylation sites is 1. The van der Waals surface area contributed by atoms with Gasteiger partial charge in [0.25, 0.3) is 5.91 Å². The number of rotatable bonds is 8. The highest BCUT2D eigenvalue weighted by Gasteiger charge is 2.29. The molecule has 0 saturated carbocycles. The zero-order valence-electron chi connectivity index (χ0n) is 22.9. The van der Waals surface area contributed by atoms with Crippen molar-refractivity contribution in [2.45, 2.75) is 31.8 Å². The maximum Gasteiger partial charge on any atom is 0.254 e. The normalized spacial score (nSPS) is 13.4. The van der Waals surface area contributed by atoms with E-state index in [0.717, 1.165) is 22.3 Å². The van der Waals surface area contributed by atoms with Crippen LogP contribution in [-0.4, -0.2) is 28.1 Å². The van der Waals surface area contributed by atoms with Crippen molar-refractivity contribution >= 4 is 11.6 Å². The van der Waals surface area contributed by atoms with Crippen molar-refractivity contribution in [1.82, 2.24) is 15.1 Å². The molecule has 0 aliphatic carbocycles. The van der Waals surface area contributed by atoms with Gasteiger partial charge in [-0.25, -0.2) is 0 Å². The van der Waals surface area contributed by atoms with Crippen molar-refractivity contribution in [2.24, 2.45) is 5.73 Å². The van der Waals surface area contributed by atoms with E-state index in [0.29, 0.717) is 29.1 Å². The van der Waals surface area contributed by atoms with Crippen molar-refractivity contribution in [3.63, 3.8) is 0 Å². The van der Waals surface area contributed by atoms with Crippen LogP contribution in [0.15, 0.2) is 108 Å². The first-order chi connectivity index (χ1) is 19.2. The van der Waals surface area contributed by atoms with Gasteiger partial charge in [-0.2, -0.15) is 0 Å². The summed E-state index contributed by atoms with van der Waals surface area (Å²) in [5.41, 5.74) is 17.5. The largest absolute Gasteiger partial charge is 0.419 e. The zero-order valence-corrected chi connectivity index (χ0v) is 22.9. The average Bonchev–Trinajstić information content (AvgIpc) is 3.49. The van der Waals surface area contributed by atoms with Gasteiger partial charge in [-0.15, -0.1) is 10.2 Å². The second-order valence-electron chi connectivity index (χ2n) is 10.4. The van der Waals surface area contributed by atoms with E-state index in [-0.39, 0.29) is 17.8 Å². The summed E-state index contributed by atoms with van der Waals surface area (Å²) in [6, 6.07) is 32.8. The first-order valence-corrected chi connectivity index (χ1v) is 13.2. The van der Waals surface area contributed by atoms with Gasteiger partial charge in [0, 0.05) is 29.4 Å². The molecular formula is C33H33N5O2. The summed E-state index contributed by atoms with van der Waals surface area (Å²) in [5, 5.41) is 8.62. The van der Waals surface area contributed by atoms with Gasteiger partial charge in [0.15, 0.2) is 0 Å². The Hall–Kier alpha value is -4.75. The van der Waals surface area contributed by atoms with Crippen LogP contribution in [-0.2, 0) is 12.0 Å². The smallest absolute Gasteiger partial charge is 0.254 e. The van der Waals surface area contributed by atoms with Crippen LogP contribution >= 0.6 is 0 Å². The molecule has 0 unspecified atom stereocenters. The fourth-order valence-electron chi connectivity index (χ4n) is 4.79. The summed E-state index contributed by atoms with van der Waals surface area (Å²) in [4.78, 5) is 15.5. The van der Waals surface area contributed by atoms with Crippen molar-refractivity contribution in [1.29, 1.82) is 0 Å². The predicted octanol–water partition coefficient (Wildman–Crippen LogP) is 6.24. The maximum atomic E-state index is 13.8. The van der Waals surface area contributed by atoms with Crippen molar-refractivity contribution in [3.8, 4) is 22.6 Å². The predicted molar refractivity (Wildman–Crippen MR) is 158 cm³/mol. The van der Waals surface area contributed by atoms with Gasteiger partial charge < -0.3 is 20.8 Å². The highest BCUT2D eigenvalue weighted by molar-refractivity contribution is 5.97. The topological polar surface area (TPSA) is 111 Å². The number of hydrogen-bond acceptors (Lipinski definition) is 6. The number of nitrogens with zero attached hydrogens (tertiary/aromatic N) is 3. The highest BCUT2D eigenvalue weighted by atomic mass is 16.4. The summed E-state index contributed by atoms with van der Waals surface area (Å²) < 4.78 is 6.14. The van der Waals surface area contributed by atoms with Crippen LogP contribution < -0.4 is 11.5 Å². The molecule has 5 aromatic rings. The molecule has 7 nitrogen and oxygen atoms in total. The number of hydrogen-bond donors (Lipinski definition) is 2. The molecule has 1 amide bonds. The maximum absolute atomic E-state index is 13.8. The summed E-state index contributed by atoms with van der Waals surface area (Å²) in [6.07, 6.45) is 0.530. The van der Waals surface area contributed by atoms with E-state index in [9.17, 15) is 4.79 Å². The van der Waals surface area contributed by atoms with Gasteiger partial charge in [0.2, 0.25) is 11.8 Å². The monoisotopic (exact) mass is 531 g/mol. The van der Waals surface area contributed by atoms with Gasteiger partial charge >= 0.3 is 0 Å². The summed E-state index contributed by atoms with van der Waals surface area (Å²) in [6.45, 7) is 3.87. The SMILES string of the molecule is C[C@@H](c1ccccc1)N(C)C(=O)c1cc(-c2nnc([C@](C)(N)Cc3ccccc3)o2)cc(-c2ccccc2N)c1. The molecule has 0 spiro atoms. The molecular weight excluding hydrogens is 498 g/mol. The number of nitrogens with two attached hydrogens (primary N) is 2. The molecule has 0 fully saturated rings. The third kappa shape index (κ3) is 5.65. The molecule has 7 heteroatoms. The lowest BCUT2D eigenvalue weighted by Crippen LogP contribution is -2.35. The molecule has 0 aliphatic rings. The Balaban J connectivity index is 1.53. The molecule has 40 heavy (non-hydrogen) atoms. The molecule has 0 saturated heterocycles. The molecule has 2 atom stereocenters. The Kier molecular flexibility index (Phi) is 7.49. The highest BCUT2D eigenvalue weighted by Crippen LogP contribution is 2.33. The minimum absolute atomic E-state index is 0.131. The minimum Gasteiger partial charge on any atom is -0.419 e. The Morgan fingerprint density at radius 1 is 0.900 bits per heavy atom. The number of aromatic nitrogens is 2. The molecule has 4 N–H and O–H groups in total. The second kappa shape index (κ2) is 11.2. The van der Waals surface area contributed by atoms with Crippen LogP contribution in [0.5, 0.6) is 0 Å². The van der Waals surface area contributed by atoms with Crippen LogP contribution in [0, 0.1) is 0 Å². The van der Waals surface area contributed by atoms with E-state index in [1.165, 1.54) is 0 Å². The molecule has 0 aliphatic heterocycles. The fraction of sp³-hybridized carbons (Fsp3) is 0.182. The Morgan fingerprint density at radius 3 is 2.23 bits per heavy atom. The van der Waals surface area contributed by atoms with E-state index in [2.05, 4.69) is 10.2 Å². The molecule has 0 radical (unpaired) electrons. The number of amides is 1. The van der Waals surface area contributed by atoms with Gasteiger partial charge in [-0.05, 0) is 61.2 Å². The molecule has 4 aromatic carbocycles. The van der Waals surface area contributed by atoms with E-state index >= 15 is 0 Å². The zero-order chi connectivity index (χ0) is 28.3.